The summed E-state index contributed by atoms with van der Waals surface area (Å²) in [5.74, 6) is 3.12. The number of aromatic nitrogens is 2. The molecule has 0 amide bonds. The molecule has 0 aliphatic carbocycles. The molecular weight excluding hydrogens is 262 g/mol. The summed E-state index contributed by atoms with van der Waals surface area (Å²) in [6.07, 6.45) is 3.92. The Morgan fingerprint density at radius 1 is 0.857 bits per heavy atom. The van der Waals surface area contributed by atoms with Gasteiger partial charge in [-0.25, -0.2) is 9.97 Å². The summed E-state index contributed by atoms with van der Waals surface area (Å²) >= 11 is 0. The van der Waals surface area contributed by atoms with Crippen molar-refractivity contribution in [2.24, 2.45) is 0 Å². The topological polar surface area (TPSA) is 35.5 Å². The highest BCUT2D eigenvalue weighted by Gasteiger charge is 2.19. The van der Waals surface area contributed by atoms with Crippen LogP contribution in [0, 0.1) is 6.92 Å². The smallest absolute Gasteiger partial charge is 0.134 e. The average molecular weight is 289 g/mol. The number of nitrogens with zero attached hydrogens (tertiary/aromatic N) is 5. The van der Waals surface area contributed by atoms with Gasteiger partial charge in [0, 0.05) is 45.3 Å². The van der Waals surface area contributed by atoms with Gasteiger partial charge in [-0.3, -0.25) is 0 Å². The van der Waals surface area contributed by atoms with E-state index < -0.39 is 0 Å². The van der Waals surface area contributed by atoms with Gasteiger partial charge >= 0.3 is 0 Å². The maximum Gasteiger partial charge on any atom is 0.134 e. The maximum absolute atomic E-state index is 4.67. The van der Waals surface area contributed by atoms with E-state index in [0.717, 1.165) is 63.3 Å². The van der Waals surface area contributed by atoms with Gasteiger partial charge < -0.3 is 14.7 Å². The summed E-state index contributed by atoms with van der Waals surface area (Å²) in [5.41, 5.74) is 0. The molecule has 0 saturated carbocycles. The quantitative estimate of drug-likeness (QED) is 0.849. The lowest BCUT2D eigenvalue weighted by atomic mass is 10.1. The fourth-order valence-electron chi connectivity index (χ4n) is 3.28. The number of hydrogen-bond acceptors (Lipinski definition) is 5. The lowest BCUT2D eigenvalue weighted by Crippen LogP contribution is -2.46. The van der Waals surface area contributed by atoms with Crippen LogP contribution in [0.2, 0.25) is 0 Å². The van der Waals surface area contributed by atoms with Crippen LogP contribution in [0.3, 0.4) is 0 Å². The van der Waals surface area contributed by atoms with Gasteiger partial charge in [-0.05, 0) is 32.7 Å². The molecular formula is C16H27N5. The predicted molar refractivity (Wildman–Crippen MR) is 87.2 cm³/mol. The number of piperazine rings is 1. The van der Waals surface area contributed by atoms with Crippen molar-refractivity contribution in [2.45, 2.75) is 33.1 Å². The summed E-state index contributed by atoms with van der Waals surface area (Å²) in [5, 5.41) is 0. The van der Waals surface area contributed by atoms with Crippen LogP contribution < -0.4 is 9.80 Å². The second-order valence-electron chi connectivity index (χ2n) is 6.10. The first-order valence-corrected chi connectivity index (χ1v) is 8.34. The molecule has 3 heterocycles. The second kappa shape index (κ2) is 6.60. The van der Waals surface area contributed by atoms with Crippen molar-refractivity contribution in [3.63, 3.8) is 0 Å². The van der Waals surface area contributed by atoms with Crippen molar-refractivity contribution in [1.29, 1.82) is 0 Å². The van der Waals surface area contributed by atoms with Crippen molar-refractivity contribution < 1.29 is 0 Å². The molecule has 21 heavy (non-hydrogen) atoms. The van der Waals surface area contributed by atoms with Crippen molar-refractivity contribution in [2.75, 3.05) is 55.6 Å². The minimum atomic E-state index is 0.894. The fourth-order valence-corrected chi connectivity index (χ4v) is 3.28. The van der Waals surface area contributed by atoms with Crippen molar-refractivity contribution in [3.05, 3.63) is 11.9 Å². The Hall–Kier alpha value is -1.36. The molecule has 2 aliphatic rings. The number of aryl methyl sites for hydroxylation is 1. The molecule has 0 radical (unpaired) electrons. The third kappa shape index (κ3) is 3.46. The Bertz CT molecular complexity index is 462. The third-order valence-corrected chi connectivity index (χ3v) is 4.63. The van der Waals surface area contributed by atoms with E-state index in [9.17, 15) is 0 Å². The van der Waals surface area contributed by atoms with Gasteiger partial charge in [-0.15, -0.1) is 0 Å². The molecule has 2 aliphatic heterocycles. The number of rotatable bonds is 3. The lowest BCUT2D eigenvalue weighted by molar-refractivity contribution is 0.270. The Morgan fingerprint density at radius 3 is 2.00 bits per heavy atom. The molecule has 5 nitrogen and oxygen atoms in total. The van der Waals surface area contributed by atoms with Gasteiger partial charge in [0.05, 0.1) is 0 Å². The SMILES string of the molecule is CCN1CCN(c2cc(N3CCCCC3)nc(C)n2)CC1. The van der Waals surface area contributed by atoms with Crippen molar-refractivity contribution in [1.82, 2.24) is 14.9 Å². The molecule has 0 spiro atoms. The van der Waals surface area contributed by atoms with Crippen LogP contribution >= 0.6 is 0 Å². The summed E-state index contributed by atoms with van der Waals surface area (Å²) < 4.78 is 0. The second-order valence-corrected chi connectivity index (χ2v) is 6.10. The van der Waals surface area contributed by atoms with Gasteiger partial charge in [-0.2, -0.15) is 0 Å². The Kier molecular flexibility index (Phi) is 4.58. The van der Waals surface area contributed by atoms with Crippen LogP contribution in [0.5, 0.6) is 0 Å². The number of likely N-dealkylation sites (N-methyl/N-ethyl adjacent to an activating group) is 1. The lowest BCUT2D eigenvalue weighted by Gasteiger charge is -2.35. The van der Waals surface area contributed by atoms with Gasteiger partial charge in [0.25, 0.3) is 0 Å². The molecule has 1 aromatic heterocycles. The van der Waals surface area contributed by atoms with Crippen LogP contribution in [0.25, 0.3) is 0 Å². The van der Waals surface area contributed by atoms with E-state index in [-0.39, 0.29) is 0 Å². The van der Waals surface area contributed by atoms with E-state index >= 15 is 0 Å². The van der Waals surface area contributed by atoms with Crippen LogP contribution in [-0.2, 0) is 0 Å². The highest BCUT2D eigenvalue weighted by Crippen LogP contribution is 2.23. The molecule has 3 rings (SSSR count). The Morgan fingerprint density at radius 2 is 1.43 bits per heavy atom. The molecule has 2 saturated heterocycles. The predicted octanol–water partition coefficient (Wildman–Crippen LogP) is 1.92. The van der Waals surface area contributed by atoms with E-state index in [1.165, 1.54) is 19.3 Å². The standard InChI is InChI=1S/C16H27N5/c1-3-19-9-11-21(12-10-19)16-13-15(17-14(2)18-16)20-7-5-4-6-8-20/h13H,3-12H2,1-2H3. The first-order valence-electron chi connectivity index (χ1n) is 8.34. The van der Waals surface area contributed by atoms with Gasteiger partial charge in [0.2, 0.25) is 0 Å². The fraction of sp³-hybridized carbons (Fsp3) is 0.750. The molecule has 116 valence electrons. The van der Waals surface area contributed by atoms with E-state index in [1.807, 2.05) is 6.92 Å². The third-order valence-electron chi connectivity index (χ3n) is 4.63. The van der Waals surface area contributed by atoms with Crippen LogP contribution in [-0.4, -0.2) is 60.7 Å². The summed E-state index contributed by atoms with van der Waals surface area (Å²) in [7, 11) is 0. The monoisotopic (exact) mass is 289 g/mol. The van der Waals surface area contributed by atoms with E-state index in [2.05, 4.69) is 37.7 Å². The first-order chi connectivity index (χ1) is 10.3. The number of anilines is 2. The minimum absolute atomic E-state index is 0.894. The Balaban J connectivity index is 1.74. The summed E-state index contributed by atoms with van der Waals surface area (Å²) in [4.78, 5) is 16.7. The molecule has 0 N–H and O–H groups in total. The van der Waals surface area contributed by atoms with Crippen LogP contribution in [0.4, 0.5) is 11.6 Å². The number of piperidine rings is 1. The maximum atomic E-state index is 4.67. The normalized spacial score (nSPS) is 20.9. The van der Waals surface area contributed by atoms with Crippen LogP contribution in [0.15, 0.2) is 6.07 Å². The molecule has 5 heteroatoms. The highest BCUT2D eigenvalue weighted by atomic mass is 15.3. The zero-order valence-corrected chi connectivity index (χ0v) is 13.4. The average Bonchev–Trinajstić information content (AvgIpc) is 2.55. The first kappa shape index (κ1) is 14.6. The zero-order valence-electron chi connectivity index (χ0n) is 13.4. The van der Waals surface area contributed by atoms with Gasteiger partial charge in [-0.1, -0.05) is 6.92 Å². The van der Waals surface area contributed by atoms with Crippen molar-refractivity contribution >= 4 is 11.6 Å². The highest BCUT2D eigenvalue weighted by molar-refractivity contribution is 5.51. The Labute approximate surface area is 128 Å². The molecule has 0 bridgehead atoms. The van der Waals surface area contributed by atoms with Crippen LogP contribution in [0.1, 0.15) is 32.0 Å². The molecule has 0 atom stereocenters. The molecule has 1 aromatic rings. The molecule has 0 unspecified atom stereocenters. The number of hydrogen-bond donors (Lipinski definition) is 0. The van der Waals surface area contributed by atoms with E-state index in [4.69, 9.17) is 0 Å². The molecule has 0 aromatic carbocycles. The van der Waals surface area contributed by atoms with Gasteiger partial charge in [0.1, 0.15) is 17.5 Å². The van der Waals surface area contributed by atoms with E-state index in [0.29, 0.717) is 0 Å². The molecule has 2 fully saturated rings. The zero-order chi connectivity index (χ0) is 14.7. The minimum Gasteiger partial charge on any atom is -0.356 e. The largest absolute Gasteiger partial charge is 0.356 e. The summed E-state index contributed by atoms with van der Waals surface area (Å²) in [6.45, 7) is 12.1. The summed E-state index contributed by atoms with van der Waals surface area (Å²) in [6, 6.07) is 2.19. The van der Waals surface area contributed by atoms with Crippen molar-refractivity contribution in [3.8, 4) is 0 Å². The van der Waals surface area contributed by atoms with Gasteiger partial charge in [0.15, 0.2) is 0 Å². The van der Waals surface area contributed by atoms with E-state index in [1.54, 1.807) is 0 Å².